The summed E-state index contributed by atoms with van der Waals surface area (Å²) in [6, 6.07) is 8.15. The van der Waals surface area contributed by atoms with Crippen LogP contribution in [0.3, 0.4) is 0 Å². The van der Waals surface area contributed by atoms with Gasteiger partial charge in [-0.15, -0.1) is 0 Å². The van der Waals surface area contributed by atoms with E-state index in [0.717, 1.165) is 60.5 Å². The van der Waals surface area contributed by atoms with Crippen molar-refractivity contribution >= 4 is 22.8 Å². The molecule has 1 aromatic carbocycles. The van der Waals surface area contributed by atoms with E-state index >= 15 is 0 Å². The quantitative estimate of drug-likeness (QED) is 0.717. The summed E-state index contributed by atoms with van der Waals surface area (Å²) in [7, 11) is 0. The number of fused-ring (bicyclic) bond motifs is 2. The van der Waals surface area contributed by atoms with Crippen LogP contribution in [0.4, 0.5) is 5.95 Å². The van der Waals surface area contributed by atoms with Crippen LogP contribution in [0.5, 0.6) is 0 Å². The zero-order valence-electron chi connectivity index (χ0n) is 16.6. The number of rotatable bonds is 3. The number of benzene rings is 1. The summed E-state index contributed by atoms with van der Waals surface area (Å²) in [5.41, 5.74) is 4.93. The lowest BCUT2D eigenvalue weighted by Gasteiger charge is -2.33. The van der Waals surface area contributed by atoms with Crippen molar-refractivity contribution in [2.75, 3.05) is 24.6 Å². The molecular formula is C22H25N5O2. The molecule has 2 aliphatic rings. The van der Waals surface area contributed by atoms with E-state index in [4.69, 9.17) is 9.72 Å². The van der Waals surface area contributed by atoms with Gasteiger partial charge in [0.15, 0.2) is 0 Å². The molecule has 0 unspecified atom stereocenters. The number of amides is 1. The number of ether oxygens (including phenoxy) is 1. The minimum absolute atomic E-state index is 0.0609. The van der Waals surface area contributed by atoms with Gasteiger partial charge in [0.25, 0.3) is 5.91 Å². The molecule has 2 aliphatic heterocycles. The Hall–Kier alpha value is -2.93. The number of aromatic nitrogens is 3. The number of nitrogens with one attached hydrogen (secondary N) is 2. The van der Waals surface area contributed by atoms with Gasteiger partial charge >= 0.3 is 0 Å². The highest BCUT2D eigenvalue weighted by atomic mass is 16.5. The summed E-state index contributed by atoms with van der Waals surface area (Å²) >= 11 is 0. The molecule has 150 valence electrons. The smallest absolute Gasteiger partial charge is 0.268 e. The van der Waals surface area contributed by atoms with Crippen LogP contribution in [-0.2, 0) is 17.8 Å². The standard InChI is InChI=1S/C22H25N5O2/c1-14-4-5-15-10-20(25-19(15)9-14)21(28)24-17-3-2-7-27(12-17)22-23-11-16-13-29-8-6-18(16)26-22/h4-5,9-11,17,25H,2-3,6-8,12-13H2,1H3,(H,24,28)/t17-/m1/s1. The van der Waals surface area contributed by atoms with Crippen molar-refractivity contribution in [3.8, 4) is 0 Å². The Balaban J connectivity index is 1.28. The molecule has 3 aromatic rings. The molecule has 0 aliphatic carbocycles. The van der Waals surface area contributed by atoms with Gasteiger partial charge in [0.05, 0.1) is 18.9 Å². The predicted octanol–water partition coefficient (Wildman–Crippen LogP) is 2.74. The maximum absolute atomic E-state index is 12.8. The SMILES string of the molecule is Cc1ccc2cc(C(=O)N[C@@H]3CCCN(c4ncc5c(n4)CCOC5)C3)[nH]c2c1. The van der Waals surface area contributed by atoms with Crippen molar-refractivity contribution in [3.05, 3.63) is 53.0 Å². The normalized spacial score (nSPS) is 19.2. The molecule has 0 spiro atoms. The summed E-state index contributed by atoms with van der Waals surface area (Å²) in [5.74, 6) is 0.694. The first-order valence-electron chi connectivity index (χ1n) is 10.2. The van der Waals surface area contributed by atoms with Gasteiger partial charge in [0, 0.05) is 48.2 Å². The molecule has 1 atom stereocenters. The highest BCUT2D eigenvalue weighted by Gasteiger charge is 2.25. The molecule has 29 heavy (non-hydrogen) atoms. The van der Waals surface area contributed by atoms with Crippen molar-refractivity contribution in [3.63, 3.8) is 0 Å². The number of carbonyl (C=O) groups excluding carboxylic acids is 1. The van der Waals surface area contributed by atoms with Crippen molar-refractivity contribution in [2.45, 2.75) is 38.8 Å². The number of aromatic amines is 1. The highest BCUT2D eigenvalue weighted by molar-refractivity contribution is 5.98. The zero-order chi connectivity index (χ0) is 19.8. The largest absolute Gasteiger partial charge is 0.376 e. The Morgan fingerprint density at radius 3 is 3.21 bits per heavy atom. The molecule has 7 nitrogen and oxygen atoms in total. The lowest BCUT2D eigenvalue weighted by Crippen LogP contribution is -2.48. The van der Waals surface area contributed by atoms with Gasteiger partial charge in [-0.2, -0.15) is 0 Å². The second kappa shape index (κ2) is 7.48. The number of aryl methyl sites for hydroxylation is 1. The van der Waals surface area contributed by atoms with Crippen molar-refractivity contribution in [1.29, 1.82) is 0 Å². The number of H-pyrrole nitrogens is 1. The van der Waals surface area contributed by atoms with E-state index < -0.39 is 0 Å². The van der Waals surface area contributed by atoms with Crippen LogP contribution in [0.2, 0.25) is 0 Å². The predicted molar refractivity (Wildman–Crippen MR) is 111 cm³/mol. The second-order valence-electron chi connectivity index (χ2n) is 7.98. The van der Waals surface area contributed by atoms with E-state index in [1.165, 1.54) is 5.56 Å². The van der Waals surface area contributed by atoms with Crippen molar-refractivity contribution in [1.82, 2.24) is 20.3 Å². The van der Waals surface area contributed by atoms with Crippen LogP contribution in [0.15, 0.2) is 30.5 Å². The lowest BCUT2D eigenvalue weighted by molar-refractivity contribution is 0.0928. The molecule has 5 rings (SSSR count). The summed E-state index contributed by atoms with van der Waals surface area (Å²) < 4.78 is 5.47. The molecule has 7 heteroatoms. The highest BCUT2D eigenvalue weighted by Crippen LogP contribution is 2.21. The van der Waals surface area contributed by atoms with Crippen LogP contribution < -0.4 is 10.2 Å². The second-order valence-corrected chi connectivity index (χ2v) is 7.98. The van der Waals surface area contributed by atoms with Gasteiger partial charge in [0.2, 0.25) is 5.95 Å². The summed E-state index contributed by atoms with van der Waals surface area (Å²) in [6.45, 7) is 4.99. The summed E-state index contributed by atoms with van der Waals surface area (Å²) in [4.78, 5) is 27.5. The van der Waals surface area contributed by atoms with E-state index in [0.29, 0.717) is 18.9 Å². The first-order chi connectivity index (χ1) is 14.2. The third kappa shape index (κ3) is 3.70. The van der Waals surface area contributed by atoms with Gasteiger partial charge < -0.3 is 19.9 Å². The number of piperidine rings is 1. The fourth-order valence-corrected chi connectivity index (χ4v) is 4.17. The number of anilines is 1. The van der Waals surface area contributed by atoms with E-state index in [9.17, 15) is 4.79 Å². The molecule has 4 heterocycles. The topological polar surface area (TPSA) is 83.1 Å². The van der Waals surface area contributed by atoms with Gasteiger partial charge in [-0.1, -0.05) is 12.1 Å². The monoisotopic (exact) mass is 391 g/mol. The molecular weight excluding hydrogens is 366 g/mol. The Kier molecular flexibility index (Phi) is 4.67. The van der Waals surface area contributed by atoms with Gasteiger partial charge in [-0.05, 0) is 37.5 Å². The maximum Gasteiger partial charge on any atom is 0.268 e. The van der Waals surface area contributed by atoms with Crippen molar-refractivity contribution < 1.29 is 9.53 Å². The molecule has 1 amide bonds. The molecule has 1 saturated heterocycles. The maximum atomic E-state index is 12.8. The molecule has 0 saturated carbocycles. The molecule has 0 bridgehead atoms. The third-order valence-electron chi connectivity index (χ3n) is 5.74. The van der Waals surface area contributed by atoms with E-state index in [-0.39, 0.29) is 11.9 Å². The first kappa shape index (κ1) is 18.1. The van der Waals surface area contributed by atoms with Crippen LogP contribution in [-0.4, -0.2) is 46.6 Å². The average Bonchev–Trinajstić information content (AvgIpc) is 3.17. The van der Waals surface area contributed by atoms with Crippen LogP contribution in [0, 0.1) is 6.92 Å². The number of hydrogen-bond donors (Lipinski definition) is 2. The summed E-state index contributed by atoms with van der Waals surface area (Å²) in [5, 5.41) is 4.24. The zero-order valence-corrected chi connectivity index (χ0v) is 16.6. The molecule has 1 fully saturated rings. The van der Waals surface area contributed by atoms with Crippen LogP contribution >= 0.6 is 0 Å². The number of carbonyl (C=O) groups is 1. The molecule has 0 radical (unpaired) electrons. The van der Waals surface area contributed by atoms with Gasteiger partial charge in [-0.25, -0.2) is 9.97 Å². The third-order valence-corrected chi connectivity index (χ3v) is 5.74. The first-order valence-corrected chi connectivity index (χ1v) is 10.2. The number of nitrogens with zero attached hydrogens (tertiary/aromatic N) is 3. The fraction of sp³-hybridized carbons (Fsp3) is 0.409. The Morgan fingerprint density at radius 2 is 2.28 bits per heavy atom. The molecule has 2 aromatic heterocycles. The lowest BCUT2D eigenvalue weighted by atomic mass is 10.1. The summed E-state index contributed by atoms with van der Waals surface area (Å²) in [6.07, 6.45) is 4.67. The Morgan fingerprint density at radius 1 is 1.34 bits per heavy atom. The average molecular weight is 391 g/mol. The Bertz CT molecular complexity index is 1060. The Labute approximate surface area is 169 Å². The number of hydrogen-bond acceptors (Lipinski definition) is 5. The minimum atomic E-state index is -0.0609. The van der Waals surface area contributed by atoms with E-state index in [1.54, 1.807) is 0 Å². The van der Waals surface area contributed by atoms with E-state index in [1.807, 2.05) is 25.3 Å². The fourth-order valence-electron chi connectivity index (χ4n) is 4.17. The van der Waals surface area contributed by atoms with Crippen molar-refractivity contribution in [2.24, 2.45) is 0 Å². The molecule has 2 N–H and O–H groups in total. The van der Waals surface area contributed by atoms with Gasteiger partial charge in [0.1, 0.15) is 5.69 Å². The van der Waals surface area contributed by atoms with Gasteiger partial charge in [-0.3, -0.25) is 4.79 Å². The minimum Gasteiger partial charge on any atom is -0.376 e. The van der Waals surface area contributed by atoms with Crippen LogP contribution in [0.1, 0.15) is 40.2 Å². The van der Waals surface area contributed by atoms with E-state index in [2.05, 4.69) is 32.3 Å². The van der Waals surface area contributed by atoms with Crippen LogP contribution in [0.25, 0.3) is 10.9 Å².